The van der Waals surface area contributed by atoms with E-state index in [2.05, 4.69) is 20.4 Å². The van der Waals surface area contributed by atoms with Gasteiger partial charge in [0.2, 0.25) is 0 Å². The molecule has 9 heteroatoms. The molecule has 2 heterocycles. The fraction of sp³-hybridized carbons (Fsp3) is 0.458. The average Bonchev–Trinajstić information content (AvgIpc) is 3.37. The van der Waals surface area contributed by atoms with Crippen LogP contribution in [0, 0.1) is 0 Å². The first-order valence-electron chi connectivity index (χ1n) is 11.0. The summed E-state index contributed by atoms with van der Waals surface area (Å²) < 4.78 is 47.2. The molecule has 0 amide bonds. The highest BCUT2D eigenvalue weighted by molar-refractivity contribution is 5.54. The minimum atomic E-state index is -4.47. The van der Waals surface area contributed by atoms with E-state index in [0.717, 1.165) is 36.6 Å². The number of anilines is 1. The van der Waals surface area contributed by atoms with Crippen LogP contribution in [0.2, 0.25) is 0 Å². The second kappa shape index (κ2) is 8.68. The van der Waals surface area contributed by atoms with Crippen molar-refractivity contribution in [2.75, 3.05) is 5.32 Å². The van der Waals surface area contributed by atoms with Crippen LogP contribution in [0.15, 0.2) is 36.5 Å². The molecule has 1 aliphatic carbocycles. The predicted octanol–water partition coefficient (Wildman–Crippen LogP) is 5.74. The van der Waals surface area contributed by atoms with Gasteiger partial charge in [0.1, 0.15) is 24.1 Å². The Kier molecular flexibility index (Phi) is 6.07. The highest BCUT2D eigenvalue weighted by Gasteiger charge is 2.40. The molecule has 1 aromatic carbocycles. The summed E-state index contributed by atoms with van der Waals surface area (Å²) in [6, 6.07) is 7.48. The molecule has 3 aromatic rings. The van der Waals surface area contributed by atoms with E-state index >= 15 is 0 Å². The van der Waals surface area contributed by atoms with E-state index in [1.807, 2.05) is 45.0 Å². The number of halogens is 3. The van der Waals surface area contributed by atoms with Crippen LogP contribution in [0.25, 0.3) is 11.5 Å². The molecule has 0 fully saturated rings. The van der Waals surface area contributed by atoms with E-state index in [-0.39, 0.29) is 23.8 Å². The molecular formula is C24H28F3N5O. The van der Waals surface area contributed by atoms with E-state index in [9.17, 15) is 13.2 Å². The maximum Gasteiger partial charge on any atom is 0.410 e. The Morgan fingerprint density at radius 1 is 1.09 bits per heavy atom. The number of nitrogens with zero attached hydrogens (tertiary/aromatic N) is 4. The Bertz CT molecular complexity index is 1120. The summed E-state index contributed by atoms with van der Waals surface area (Å²) in [6.07, 6.45) is 0.296. The second-order valence-corrected chi connectivity index (χ2v) is 9.39. The summed E-state index contributed by atoms with van der Waals surface area (Å²) in [5.41, 5.74) is 3.57. The first kappa shape index (κ1) is 23.1. The first-order chi connectivity index (χ1) is 15.5. The molecule has 2 aromatic heterocycles. The lowest BCUT2D eigenvalue weighted by Gasteiger charge is -2.21. The van der Waals surface area contributed by atoms with Gasteiger partial charge < -0.3 is 10.1 Å². The molecule has 1 aliphatic rings. The predicted molar refractivity (Wildman–Crippen MR) is 120 cm³/mol. The number of nitrogens with one attached hydrogen (secondary N) is 1. The number of hydrogen-bond donors (Lipinski definition) is 1. The zero-order chi connectivity index (χ0) is 23.8. The molecule has 0 radical (unpaired) electrons. The van der Waals surface area contributed by atoms with E-state index in [1.165, 1.54) is 11.1 Å². The van der Waals surface area contributed by atoms with E-state index in [1.54, 1.807) is 12.3 Å². The van der Waals surface area contributed by atoms with Crippen LogP contribution in [-0.4, -0.2) is 31.5 Å². The summed E-state index contributed by atoms with van der Waals surface area (Å²) in [4.78, 5) is 8.69. The van der Waals surface area contributed by atoms with Crippen molar-refractivity contribution >= 4 is 5.69 Å². The number of fused-ring (bicyclic) bond motifs is 1. The van der Waals surface area contributed by atoms with Crippen LogP contribution >= 0.6 is 0 Å². The fourth-order valence-electron chi connectivity index (χ4n) is 3.83. The molecule has 0 aliphatic heterocycles. The molecule has 0 saturated heterocycles. The van der Waals surface area contributed by atoms with Crippen LogP contribution < -0.4 is 10.1 Å². The molecule has 1 unspecified atom stereocenters. The largest absolute Gasteiger partial charge is 0.486 e. The van der Waals surface area contributed by atoms with Crippen LogP contribution in [0.3, 0.4) is 0 Å². The van der Waals surface area contributed by atoms with E-state index in [4.69, 9.17) is 4.74 Å². The Hall–Kier alpha value is -3.10. The van der Waals surface area contributed by atoms with Gasteiger partial charge in [0.25, 0.3) is 0 Å². The third kappa shape index (κ3) is 5.46. The van der Waals surface area contributed by atoms with Crippen molar-refractivity contribution in [1.82, 2.24) is 19.7 Å². The molecule has 176 valence electrons. The number of alkyl halides is 3. The molecule has 1 atom stereocenters. The van der Waals surface area contributed by atoms with Crippen molar-refractivity contribution < 1.29 is 17.9 Å². The Morgan fingerprint density at radius 2 is 1.85 bits per heavy atom. The minimum Gasteiger partial charge on any atom is -0.486 e. The van der Waals surface area contributed by atoms with Crippen LogP contribution in [0.5, 0.6) is 5.75 Å². The molecule has 0 spiro atoms. The Balaban J connectivity index is 1.59. The minimum absolute atomic E-state index is 0.0917. The number of hydrogen-bond acceptors (Lipinski definition) is 5. The van der Waals surface area contributed by atoms with Crippen molar-refractivity contribution in [3.63, 3.8) is 0 Å². The Labute approximate surface area is 191 Å². The van der Waals surface area contributed by atoms with Crippen molar-refractivity contribution in [2.24, 2.45) is 0 Å². The van der Waals surface area contributed by atoms with Crippen molar-refractivity contribution in [3.8, 4) is 17.3 Å². The molecule has 0 saturated carbocycles. The van der Waals surface area contributed by atoms with Gasteiger partial charge in [0, 0.05) is 5.54 Å². The summed E-state index contributed by atoms with van der Waals surface area (Å²) in [6.45, 7) is 7.00. The Morgan fingerprint density at radius 3 is 2.52 bits per heavy atom. The van der Waals surface area contributed by atoms with Crippen molar-refractivity contribution in [1.29, 1.82) is 0 Å². The lowest BCUT2D eigenvalue weighted by Crippen LogP contribution is -2.26. The number of pyridine rings is 1. The average molecular weight is 460 g/mol. The summed E-state index contributed by atoms with van der Waals surface area (Å²) in [5, 5.41) is 7.44. The fourth-order valence-corrected chi connectivity index (χ4v) is 3.83. The SMILES string of the molecule is CC(n1nc(-c2ccc(NC(C)(C)C)cn2)nc1COc1ccc2c(c1)CCC2)C(F)(F)F. The van der Waals surface area contributed by atoms with E-state index in [0.29, 0.717) is 11.4 Å². The normalized spacial score (nSPS) is 14.8. The van der Waals surface area contributed by atoms with Crippen molar-refractivity contribution in [3.05, 3.63) is 53.5 Å². The quantitative estimate of drug-likeness (QED) is 0.509. The number of rotatable bonds is 6. The standard InChI is InChI=1S/C24H28F3N5O/c1-15(24(25,26)27)32-21(14-33-19-10-8-16-6-5-7-17(16)12-19)29-22(31-32)20-11-9-18(13-28-20)30-23(2,3)4/h8-13,15,30H,5-7,14H2,1-4H3. The summed E-state index contributed by atoms with van der Waals surface area (Å²) in [7, 11) is 0. The van der Waals surface area contributed by atoms with Gasteiger partial charge in [0.15, 0.2) is 11.6 Å². The summed E-state index contributed by atoms with van der Waals surface area (Å²) in [5.74, 6) is 0.831. The van der Waals surface area contributed by atoms with Gasteiger partial charge in [-0.15, -0.1) is 5.10 Å². The summed E-state index contributed by atoms with van der Waals surface area (Å²) >= 11 is 0. The van der Waals surface area contributed by atoms with E-state index < -0.39 is 12.2 Å². The lowest BCUT2D eigenvalue weighted by atomic mass is 10.1. The molecule has 1 N–H and O–H groups in total. The van der Waals surface area contributed by atoms with Gasteiger partial charge in [-0.1, -0.05) is 6.07 Å². The van der Waals surface area contributed by atoms with Crippen LogP contribution in [0.1, 0.15) is 57.1 Å². The second-order valence-electron chi connectivity index (χ2n) is 9.39. The molecule has 0 bridgehead atoms. The third-order valence-electron chi connectivity index (χ3n) is 5.49. The van der Waals surface area contributed by atoms with Gasteiger partial charge >= 0.3 is 6.18 Å². The molecule has 4 rings (SSSR count). The number of ether oxygens (including phenoxy) is 1. The van der Waals surface area contributed by atoms with Gasteiger partial charge in [-0.25, -0.2) is 9.67 Å². The highest BCUT2D eigenvalue weighted by Crippen LogP contribution is 2.32. The molecular weight excluding hydrogens is 431 g/mol. The van der Waals surface area contributed by atoms with Crippen LogP contribution in [-0.2, 0) is 19.4 Å². The maximum atomic E-state index is 13.5. The highest BCUT2D eigenvalue weighted by atomic mass is 19.4. The van der Waals surface area contributed by atoms with Crippen molar-refractivity contribution in [2.45, 2.75) is 71.3 Å². The van der Waals surface area contributed by atoms with Gasteiger partial charge in [-0.05, 0) is 82.3 Å². The zero-order valence-corrected chi connectivity index (χ0v) is 19.2. The first-order valence-corrected chi connectivity index (χ1v) is 11.0. The zero-order valence-electron chi connectivity index (χ0n) is 19.2. The monoisotopic (exact) mass is 459 g/mol. The van der Waals surface area contributed by atoms with Gasteiger partial charge in [0.05, 0.1) is 11.9 Å². The number of aryl methyl sites for hydroxylation is 2. The lowest BCUT2D eigenvalue weighted by molar-refractivity contribution is -0.166. The molecule has 6 nitrogen and oxygen atoms in total. The third-order valence-corrected chi connectivity index (χ3v) is 5.49. The number of aromatic nitrogens is 4. The topological polar surface area (TPSA) is 64.9 Å². The number of benzene rings is 1. The molecule has 33 heavy (non-hydrogen) atoms. The smallest absolute Gasteiger partial charge is 0.410 e. The van der Waals surface area contributed by atoms with Gasteiger partial charge in [-0.3, -0.25) is 4.98 Å². The van der Waals surface area contributed by atoms with Gasteiger partial charge in [-0.2, -0.15) is 13.2 Å². The van der Waals surface area contributed by atoms with Crippen LogP contribution in [0.4, 0.5) is 18.9 Å². The maximum absolute atomic E-state index is 13.5.